The van der Waals surface area contributed by atoms with Gasteiger partial charge in [-0.25, -0.2) is 0 Å². The van der Waals surface area contributed by atoms with Gasteiger partial charge < -0.3 is 10.1 Å². The molecule has 0 aromatic rings. The molecule has 0 aliphatic carbocycles. The minimum atomic E-state index is -0.827. The molecule has 0 fully saturated rings. The van der Waals surface area contributed by atoms with E-state index in [0.717, 1.165) is 0 Å². The Balaban J connectivity index is 3.50. The number of hydrogen-bond acceptors (Lipinski definition) is 4. The molecule has 0 heterocycles. The lowest BCUT2D eigenvalue weighted by atomic mass is 10.4. The monoisotopic (exact) mass is 193 g/mol. The Morgan fingerprint density at radius 2 is 2.25 bits per heavy atom. The van der Waals surface area contributed by atoms with Crippen LogP contribution in [-0.2, 0) is 20.3 Å². The van der Waals surface area contributed by atoms with Gasteiger partial charge in [0.25, 0.3) is 0 Å². The van der Waals surface area contributed by atoms with E-state index in [-0.39, 0.29) is 18.6 Å². The summed E-state index contributed by atoms with van der Waals surface area (Å²) < 4.78 is 15.2. The molecule has 72 valence electrons. The summed E-state index contributed by atoms with van der Waals surface area (Å²) in [5.74, 6) is 0.250. The third-order valence-electron chi connectivity index (χ3n) is 1.31. The molecule has 0 amide bonds. The first-order valence-electron chi connectivity index (χ1n) is 3.66. The normalized spacial score (nSPS) is 15.2. The number of esters is 1. The topological polar surface area (TPSA) is 55.4 Å². The maximum absolute atomic E-state index is 10.7. The van der Waals surface area contributed by atoms with Crippen molar-refractivity contribution in [2.45, 2.75) is 13.0 Å². The Labute approximate surface area is 75.1 Å². The summed E-state index contributed by atoms with van der Waals surface area (Å²) in [6.45, 7) is 2.05. The fourth-order valence-corrected chi connectivity index (χ4v) is 1.56. The molecular weight excluding hydrogens is 178 g/mol. The Hall–Kier alpha value is -0.420. The molecule has 1 N–H and O–H groups in total. The maximum Gasteiger partial charge on any atom is 0.319 e. The lowest BCUT2D eigenvalue weighted by Crippen LogP contribution is -2.35. The molecule has 0 aromatic heterocycles. The molecule has 0 rings (SSSR count). The van der Waals surface area contributed by atoms with Crippen LogP contribution in [0.4, 0.5) is 0 Å². The van der Waals surface area contributed by atoms with Crippen LogP contribution < -0.4 is 5.32 Å². The molecule has 0 radical (unpaired) electrons. The van der Waals surface area contributed by atoms with Crippen molar-refractivity contribution in [2.75, 3.05) is 25.7 Å². The molecule has 0 bridgehead atoms. The number of carbonyl (C=O) groups is 1. The van der Waals surface area contributed by atoms with Crippen molar-refractivity contribution in [1.29, 1.82) is 0 Å². The summed E-state index contributed by atoms with van der Waals surface area (Å²) in [4.78, 5) is 10.6. The summed E-state index contributed by atoms with van der Waals surface area (Å²) in [7, 11) is 0.513. The fourth-order valence-electron chi connectivity index (χ4n) is 0.741. The number of methoxy groups -OCH3 is 1. The highest BCUT2D eigenvalue weighted by Crippen LogP contribution is 1.85. The Morgan fingerprint density at radius 1 is 1.67 bits per heavy atom. The zero-order valence-corrected chi connectivity index (χ0v) is 8.44. The number of ether oxygens (including phenoxy) is 1. The molecule has 2 atom stereocenters. The number of nitrogens with one attached hydrogen (secondary N) is 1. The van der Waals surface area contributed by atoms with Crippen LogP contribution in [-0.4, -0.2) is 41.9 Å². The first kappa shape index (κ1) is 11.6. The van der Waals surface area contributed by atoms with Crippen LogP contribution >= 0.6 is 0 Å². The molecule has 12 heavy (non-hydrogen) atoms. The van der Waals surface area contributed by atoms with E-state index in [1.807, 2.05) is 6.92 Å². The van der Waals surface area contributed by atoms with E-state index in [1.54, 1.807) is 6.26 Å². The third-order valence-corrected chi connectivity index (χ3v) is 2.28. The average molecular weight is 193 g/mol. The molecule has 0 spiro atoms. The van der Waals surface area contributed by atoms with Crippen molar-refractivity contribution in [3.8, 4) is 0 Å². The van der Waals surface area contributed by atoms with Gasteiger partial charge in [0, 0.05) is 28.9 Å². The van der Waals surface area contributed by atoms with Gasteiger partial charge in [-0.1, -0.05) is 0 Å². The second-order valence-electron chi connectivity index (χ2n) is 2.60. The predicted octanol–water partition coefficient (Wildman–Crippen LogP) is -0.484. The van der Waals surface area contributed by atoms with Crippen LogP contribution in [0.3, 0.4) is 0 Å². The van der Waals surface area contributed by atoms with Crippen molar-refractivity contribution in [1.82, 2.24) is 5.32 Å². The van der Waals surface area contributed by atoms with Crippen molar-refractivity contribution in [2.24, 2.45) is 0 Å². The zero-order chi connectivity index (χ0) is 9.56. The smallest absolute Gasteiger partial charge is 0.319 e. The van der Waals surface area contributed by atoms with Crippen LogP contribution in [0.5, 0.6) is 0 Å². The van der Waals surface area contributed by atoms with Crippen molar-refractivity contribution < 1.29 is 13.7 Å². The molecule has 4 nitrogen and oxygen atoms in total. The Morgan fingerprint density at radius 3 is 2.67 bits per heavy atom. The number of carbonyl (C=O) groups excluding carboxylic acids is 1. The average Bonchev–Trinajstić information content (AvgIpc) is 1.99. The van der Waals surface area contributed by atoms with E-state index in [9.17, 15) is 9.00 Å². The summed E-state index contributed by atoms with van der Waals surface area (Å²) in [6.07, 6.45) is 1.64. The van der Waals surface area contributed by atoms with Crippen LogP contribution in [0, 0.1) is 0 Å². The predicted molar refractivity (Wildman–Crippen MR) is 48.4 cm³/mol. The van der Waals surface area contributed by atoms with Gasteiger partial charge in [-0.05, 0) is 6.92 Å². The van der Waals surface area contributed by atoms with E-state index >= 15 is 0 Å². The van der Waals surface area contributed by atoms with E-state index in [0.29, 0.717) is 5.75 Å². The minimum absolute atomic E-state index is 0.0786. The largest absolute Gasteiger partial charge is 0.468 e. The number of rotatable bonds is 5. The van der Waals surface area contributed by atoms with Gasteiger partial charge in [0.05, 0.1) is 13.7 Å². The standard InChI is InChI=1S/C7H15NO3S/c1-6(5-12(3)10)8-4-7(9)11-2/h6,8H,4-5H2,1-3H3. The lowest BCUT2D eigenvalue weighted by Gasteiger charge is -2.10. The maximum atomic E-state index is 10.7. The third kappa shape index (κ3) is 6.30. The lowest BCUT2D eigenvalue weighted by molar-refractivity contribution is -0.139. The van der Waals surface area contributed by atoms with Gasteiger partial charge in [-0.2, -0.15) is 0 Å². The SMILES string of the molecule is COC(=O)CNC(C)CS(C)=O. The summed E-state index contributed by atoms with van der Waals surface area (Å²) in [5.41, 5.74) is 0. The second kappa shape index (κ2) is 6.14. The van der Waals surface area contributed by atoms with Crippen LogP contribution in [0.2, 0.25) is 0 Å². The molecular formula is C7H15NO3S. The van der Waals surface area contributed by atoms with Crippen molar-refractivity contribution in [3.05, 3.63) is 0 Å². The summed E-state index contributed by atoms with van der Waals surface area (Å²) in [6, 6.07) is 0.0786. The zero-order valence-electron chi connectivity index (χ0n) is 7.62. The van der Waals surface area contributed by atoms with Crippen molar-refractivity contribution in [3.63, 3.8) is 0 Å². The van der Waals surface area contributed by atoms with E-state index in [4.69, 9.17) is 0 Å². The molecule has 0 aromatic carbocycles. The van der Waals surface area contributed by atoms with Gasteiger partial charge in [-0.3, -0.25) is 9.00 Å². The Kier molecular flexibility index (Phi) is 5.92. The summed E-state index contributed by atoms with van der Waals surface area (Å²) >= 11 is 0. The van der Waals surface area contributed by atoms with Gasteiger partial charge in [-0.15, -0.1) is 0 Å². The van der Waals surface area contributed by atoms with E-state index in [1.165, 1.54) is 7.11 Å². The second-order valence-corrected chi connectivity index (χ2v) is 4.08. The highest BCUT2D eigenvalue weighted by molar-refractivity contribution is 7.84. The van der Waals surface area contributed by atoms with Gasteiger partial charge in [0.1, 0.15) is 0 Å². The van der Waals surface area contributed by atoms with Crippen molar-refractivity contribution >= 4 is 16.8 Å². The Bertz CT molecular complexity index is 172. The van der Waals surface area contributed by atoms with Crippen LogP contribution in [0.1, 0.15) is 6.92 Å². The molecule has 2 unspecified atom stereocenters. The van der Waals surface area contributed by atoms with Crippen LogP contribution in [0.25, 0.3) is 0 Å². The fraction of sp³-hybridized carbons (Fsp3) is 0.857. The van der Waals surface area contributed by atoms with Gasteiger partial charge in [0.15, 0.2) is 0 Å². The van der Waals surface area contributed by atoms with Gasteiger partial charge in [0.2, 0.25) is 0 Å². The van der Waals surface area contributed by atoms with E-state index < -0.39 is 10.8 Å². The first-order chi connectivity index (χ1) is 5.56. The highest BCUT2D eigenvalue weighted by Gasteiger charge is 2.06. The molecule has 0 saturated carbocycles. The van der Waals surface area contributed by atoms with Gasteiger partial charge >= 0.3 is 5.97 Å². The number of hydrogen-bond donors (Lipinski definition) is 1. The summed E-state index contributed by atoms with van der Waals surface area (Å²) in [5, 5.41) is 2.90. The van der Waals surface area contributed by atoms with E-state index in [2.05, 4.69) is 10.1 Å². The molecule has 5 heteroatoms. The molecule has 0 aliphatic heterocycles. The minimum Gasteiger partial charge on any atom is -0.468 e. The quantitative estimate of drug-likeness (QED) is 0.599. The first-order valence-corrected chi connectivity index (χ1v) is 5.39. The molecule has 0 saturated heterocycles. The molecule has 0 aliphatic rings. The van der Waals surface area contributed by atoms with Crippen LogP contribution in [0.15, 0.2) is 0 Å². The highest BCUT2D eigenvalue weighted by atomic mass is 32.2.